The van der Waals surface area contributed by atoms with Gasteiger partial charge in [0.1, 0.15) is 23.1 Å². The van der Waals surface area contributed by atoms with Gasteiger partial charge in [-0.3, -0.25) is 14.5 Å². The number of fused-ring (bicyclic) bond motifs is 1. The normalized spacial score (nSPS) is 16.6. The molecule has 1 amide bonds. The number of rotatable bonds is 10. The molecule has 0 aliphatic carbocycles. The largest absolute Gasteiger partial charge is 0.507 e. The number of anilines is 1. The lowest BCUT2D eigenvalue weighted by Gasteiger charge is -2.23. The first-order valence-corrected chi connectivity index (χ1v) is 14.1. The number of hydrogen-bond acceptors (Lipinski definition) is 7. The number of benzene rings is 3. The number of aromatic nitrogens is 1. The number of aliphatic hydroxyl groups is 1. The molecule has 3 aromatic carbocycles. The Kier molecular flexibility index (Phi) is 8.11. The van der Waals surface area contributed by atoms with Gasteiger partial charge in [0.05, 0.1) is 35.0 Å². The van der Waals surface area contributed by atoms with E-state index >= 15 is 0 Å². The highest BCUT2D eigenvalue weighted by atomic mass is 32.1. The molecule has 206 valence electrons. The summed E-state index contributed by atoms with van der Waals surface area (Å²) < 4.78 is 25.9. The number of thiazole rings is 1. The second kappa shape index (κ2) is 11.9. The number of ether oxygens (including phenoxy) is 2. The first-order valence-electron chi connectivity index (χ1n) is 13.2. The molecule has 1 unspecified atom stereocenters. The topological polar surface area (TPSA) is 89.0 Å². The molecule has 1 saturated heterocycles. The molecular weight excluding hydrogens is 531 g/mol. The van der Waals surface area contributed by atoms with Gasteiger partial charge < -0.3 is 14.6 Å². The van der Waals surface area contributed by atoms with Gasteiger partial charge in [0, 0.05) is 5.56 Å². The first-order chi connectivity index (χ1) is 19.4. The molecule has 1 fully saturated rings. The Hall–Kier alpha value is -4.24. The van der Waals surface area contributed by atoms with E-state index in [1.807, 2.05) is 6.92 Å². The van der Waals surface area contributed by atoms with Crippen LogP contribution >= 0.6 is 11.3 Å². The van der Waals surface area contributed by atoms with Crippen molar-refractivity contribution in [2.24, 2.45) is 0 Å². The third-order valence-electron chi connectivity index (χ3n) is 6.53. The number of amides is 1. The minimum atomic E-state index is -0.963. The summed E-state index contributed by atoms with van der Waals surface area (Å²) in [5, 5.41) is 11.7. The Balaban J connectivity index is 1.62. The first kappa shape index (κ1) is 27.3. The van der Waals surface area contributed by atoms with Crippen molar-refractivity contribution in [1.82, 2.24) is 4.98 Å². The highest BCUT2D eigenvalue weighted by Crippen LogP contribution is 2.44. The maximum absolute atomic E-state index is 13.9. The summed E-state index contributed by atoms with van der Waals surface area (Å²) in [6.07, 6.45) is 2.73. The zero-order valence-corrected chi connectivity index (χ0v) is 23.0. The molecule has 1 aliphatic rings. The van der Waals surface area contributed by atoms with Crippen LogP contribution in [0.25, 0.3) is 16.0 Å². The summed E-state index contributed by atoms with van der Waals surface area (Å²) in [7, 11) is 0. The molecule has 1 atom stereocenters. The van der Waals surface area contributed by atoms with Crippen molar-refractivity contribution < 1.29 is 28.6 Å². The Bertz CT molecular complexity index is 1580. The van der Waals surface area contributed by atoms with Crippen LogP contribution in [0.4, 0.5) is 9.52 Å². The predicted molar refractivity (Wildman–Crippen MR) is 153 cm³/mol. The zero-order valence-electron chi connectivity index (χ0n) is 22.2. The molecule has 9 heteroatoms. The van der Waals surface area contributed by atoms with Crippen LogP contribution in [0.3, 0.4) is 0 Å². The maximum atomic E-state index is 13.9. The van der Waals surface area contributed by atoms with Crippen LogP contribution in [0.15, 0.2) is 72.3 Å². The van der Waals surface area contributed by atoms with Crippen molar-refractivity contribution in [2.45, 2.75) is 39.2 Å². The number of carbonyl (C=O) groups excluding carboxylic acids is 2. The van der Waals surface area contributed by atoms with Crippen LogP contribution in [-0.2, 0) is 9.59 Å². The Labute approximate surface area is 235 Å². The van der Waals surface area contributed by atoms with Crippen LogP contribution in [0.2, 0.25) is 0 Å². The smallest absolute Gasteiger partial charge is 0.301 e. The van der Waals surface area contributed by atoms with Gasteiger partial charge in [-0.25, -0.2) is 9.37 Å². The molecule has 2 heterocycles. The van der Waals surface area contributed by atoms with E-state index in [2.05, 4.69) is 11.9 Å². The van der Waals surface area contributed by atoms with Crippen molar-refractivity contribution in [3.05, 3.63) is 89.2 Å². The lowest BCUT2D eigenvalue weighted by Crippen LogP contribution is -2.29. The number of carbonyl (C=O) groups is 2. The van der Waals surface area contributed by atoms with E-state index in [0.717, 1.165) is 30.6 Å². The monoisotopic (exact) mass is 560 g/mol. The summed E-state index contributed by atoms with van der Waals surface area (Å²) in [6, 6.07) is 17.1. The molecule has 0 spiro atoms. The molecule has 7 nitrogen and oxygen atoms in total. The third kappa shape index (κ3) is 5.42. The quantitative estimate of drug-likeness (QED) is 0.0970. The highest BCUT2D eigenvalue weighted by Gasteiger charge is 2.48. The third-order valence-corrected chi connectivity index (χ3v) is 7.55. The Morgan fingerprint density at radius 1 is 0.975 bits per heavy atom. The van der Waals surface area contributed by atoms with Gasteiger partial charge in [-0.2, -0.15) is 0 Å². The van der Waals surface area contributed by atoms with E-state index in [-0.39, 0.29) is 16.5 Å². The van der Waals surface area contributed by atoms with Gasteiger partial charge in [-0.05, 0) is 60.9 Å². The molecule has 4 aromatic rings. The van der Waals surface area contributed by atoms with Gasteiger partial charge in [0.15, 0.2) is 5.13 Å². The predicted octanol–water partition coefficient (Wildman–Crippen LogP) is 7.03. The van der Waals surface area contributed by atoms with Crippen LogP contribution in [0, 0.1) is 5.82 Å². The molecule has 1 N–H and O–H groups in total. The lowest BCUT2D eigenvalue weighted by molar-refractivity contribution is -0.132. The van der Waals surface area contributed by atoms with Crippen LogP contribution in [-0.4, -0.2) is 35.0 Å². The van der Waals surface area contributed by atoms with E-state index in [9.17, 15) is 19.1 Å². The van der Waals surface area contributed by atoms with Crippen molar-refractivity contribution in [3.63, 3.8) is 0 Å². The fourth-order valence-electron chi connectivity index (χ4n) is 4.52. The minimum absolute atomic E-state index is 0.0669. The van der Waals surface area contributed by atoms with Gasteiger partial charge in [0.2, 0.25) is 0 Å². The molecule has 5 rings (SSSR count). The van der Waals surface area contributed by atoms with Crippen molar-refractivity contribution in [2.75, 3.05) is 18.1 Å². The number of unbranched alkanes of at least 4 members (excludes halogenated alkanes) is 1. The molecule has 40 heavy (non-hydrogen) atoms. The second-order valence-corrected chi connectivity index (χ2v) is 10.4. The van der Waals surface area contributed by atoms with Crippen molar-refractivity contribution >= 4 is 44.1 Å². The van der Waals surface area contributed by atoms with Crippen LogP contribution in [0.1, 0.15) is 50.3 Å². The van der Waals surface area contributed by atoms with Gasteiger partial charge in [-0.1, -0.05) is 55.9 Å². The number of Topliss-reactive ketones (excluding diaryl/α,β-unsaturated/α-hetero) is 1. The summed E-state index contributed by atoms with van der Waals surface area (Å²) in [4.78, 5) is 32.8. The summed E-state index contributed by atoms with van der Waals surface area (Å²) >= 11 is 1.10. The molecule has 0 radical (unpaired) electrons. The number of aliphatic hydroxyl groups excluding tert-OH is 1. The van der Waals surface area contributed by atoms with E-state index < -0.39 is 23.5 Å². The zero-order chi connectivity index (χ0) is 28.2. The second-order valence-electron chi connectivity index (χ2n) is 9.42. The van der Waals surface area contributed by atoms with Crippen molar-refractivity contribution in [3.8, 4) is 11.5 Å². The van der Waals surface area contributed by atoms with Crippen molar-refractivity contribution in [1.29, 1.82) is 0 Å². The number of halogens is 1. The number of hydrogen-bond donors (Lipinski definition) is 1. The average molecular weight is 561 g/mol. The average Bonchev–Trinajstić information content (AvgIpc) is 3.49. The molecule has 1 aliphatic heterocycles. The van der Waals surface area contributed by atoms with E-state index in [1.165, 1.54) is 23.1 Å². The number of nitrogens with zero attached hydrogens (tertiary/aromatic N) is 2. The van der Waals surface area contributed by atoms with E-state index in [1.54, 1.807) is 48.5 Å². The fourth-order valence-corrected chi connectivity index (χ4v) is 5.54. The SMILES string of the molecule is CCCCOc1ccc(C2C(=C(O)c3cccc(OCCC)c3)C(=O)C(=O)N2c2nc3ccc(F)cc3s2)cc1. The molecular formula is C31H29FN2O5S. The van der Waals surface area contributed by atoms with Gasteiger partial charge in [-0.15, -0.1) is 0 Å². The lowest BCUT2D eigenvalue weighted by atomic mass is 9.95. The Morgan fingerprint density at radius 2 is 1.75 bits per heavy atom. The molecule has 1 aromatic heterocycles. The van der Waals surface area contributed by atoms with Gasteiger partial charge in [0.25, 0.3) is 5.78 Å². The standard InChI is InChI=1S/C31H29FN2O5S/c1-3-5-16-39-22-12-9-19(10-13-22)27-26(28(35)20-7-6-8-23(17-20)38-15-4-2)29(36)30(37)34(27)31-33-24-14-11-21(32)18-25(24)40-31/h6-14,17-18,27,35H,3-5,15-16H2,1-2H3. The molecule has 0 saturated carbocycles. The summed E-state index contributed by atoms with van der Waals surface area (Å²) in [5.41, 5.74) is 1.38. The highest BCUT2D eigenvalue weighted by molar-refractivity contribution is 7.22. The summed E-state index contributed by atoms with van der Waals surface area (Å²) in [5.74, 6) is -1.21. The van der Waals surface area contributed by atoms with Crippen LogP contribution < -0.4 is 14.4 Å². The summed E-state index contributed by atoms with van der Waals surface area (Å²) in [6.45, 7) is 5.14. The minimum Gasteiger partial charge on any atom is -0.507 e. The number of ketones is 1. The van der Waals surface area contributed by atoms with Gasteiger partial charge >= 0.3 is 5.91 Å². The maximum Gasteiger partial charge on any atom is 0.301 e. The molecule has 0 bridgehead atoms. The fraction of sp³-hybridized carbons (Fsp3) is 0.258. The Morgan fingerprint density at radius 3 is 2.50 bits per heavy atom. The van der Waals surface area contributed by atoms with E-state index in [0.29, 0.717) is 46.1 Å². The van der Waals surface area contributed by atoms with Crippen LogP contribution in [0.5, 0.6) is 11.5 Å². The van der Waals surface area contributed by atoms with E-state index in [4.69, 9.17) is 9.47 Å².